The molecule has 2 aliphatic rings. The Kier molecular flexibility index (Phi) is 5.78. The predicted molar refractivity (Wildman–Crippen MR) is 98.5 cm³/mol. The third-order valence-electron chi connectivity index (χ3n) is 4.93. The van der Waals surface area contributed by atoms with Crippen LogP contribution >= 0.6 is 0 Å². The Morgan fingerprint density at radius 1 is 1.28 bits per heavy atom. The summed E-state index contributed by atoms with van der Waals surface area (Å²) in [7, 11) is -2.68. The molecule has 1 aromatic carbocycles. The molecule has 12 heteroatoms. The third-order valence-corrected chi connectivity index (χ3v) is 6.82. The topological polar surface area (TPSA) is 137 Å². The van der Waals surface area contributed by atoms with Gasteiger partial charge in [0.2, 0.25) is 10.0 Å². The van der Waals surface area contributed by atoms with E-state index in [9.17, 15) is 22.8 Å². The number of sulfonamides is 1. The van der Waals surface area contributed by atoms with E-state index in [1.165, 1.54) is 41.7 Å². The maximum atomic E-state index is 13.1. The number of nitrogens with one attached hydrogen (secondary N) is 1. The highest BCUT2D eigenvalue weighted by atomic mass is 32.2. The lowest BCUT2D eigenvalue weighted by Gasteiger charge is -2.23. The van der Waals surface area contributed by atoms with Gasteiger partial charge >= 0.3 is 6.03 Å². The quantitative estimate of drug-likeness (QED) is 0.359. The Morgan fingerprint density at radius 3 is 2.45 bits per heavy atom. The van der Waals surface area contributed by atoms with Crippen molar-refractivity contribution in [2.75, 3.05) is 26.7 Å². The number of amides is 4. The summed E-state index contributed by atoms with van der Waals surface area (Å²) in [5.74, 6) is -0.910. The molecule has 2 fully saturated rings. The molecule has 2 N–H and O–H groups in total. The molecule has 2 aliphatic heterocycles. The van der Waals surface area contributed by atoms with Gasteiger partial charge in [-0.05, 0) is 37.6 Å². The average molecular weight is 426 g/mol. The summed E-state index contributed by atoms with van der Waals surface area (Å²) in [6.07, 6.45) is -0.117. The standard InChI is InChI=1S/C17H22N4O7S/c1-3-28-12-4-6-13(7-5-12)29(26,27)20-9-11(8-14(20)16(23)18-25)21-15(22)10-19(2)17(21)24/h4-7,11,14,25H,3,8-10H2,1-2H3,(H,18,23)/t11-,14+/m0/s1. The number of carbonyl (C=O) groups excluding carboxylic acids is 3. The van der Waals surface area contributed by atoms with E-state index in [4.69, 9.17) is 9.94 Å². The molecular weight excluding hydrogens is 404 g/mol. The molecule has 0 aromatic heterocycles. The van der Waals surface area contributed by atoms with Gasteiger partial charge in [0.1, 0.15) is 18.3 Å². The molecule has 0 spiro atoms. The Balaban J connectivity index is 1.91. The number of likely N-dealkylation sites (N-methyl/N-ethyl adjacent to an activating group) is 1. The van der Waals surface area contributed by atoms with E-state index in [2.05, 4.69) is 0 Å². The van der Waals surface area contributed by atoms with E-state index < -0.39 is 40.0 Å². The minimum Gasteiger partial charge on any atom is -0.494 e. The molecule has 3 rings (SSSR count). The van der Waals surface area contributed by atoms with E-state index in [1.54, 1.807) is 6.92 Å². The van der Waals surface area contributed by atoms with Crippen LogP contribution in [0.4, 0.5) is 4.79 Å². The number of hydroxylamine groups is 1. The van der Waals surface area contributed by atoms with Crippen molar-refractivity contribution in [3.05, 3.63) is 24.3 Å². The summed E-state index contributed by atoms with van der Waals surface area (Å²) in [5, 5.41) is 9.05. The van der Waals surface area contributed by atoms with Gasteiger partial charge in [-0.3, -0.25) is 19.7 Å². The average Bonchev–Trinajstić information content (AvgIpc) is 3.23. The second-order valence-corrected chi connectivity index (χ2v) is 8.65. The van der Waals surface area contributed by atoms with Gasteiger partial charge in [0.05, 0.1) is 17.5 Å². The Morgan fingerprint density at radius 2 is 1.93 bits per heavy atom. The highest BCUT2D eigenvalue weighted by molar-refractivity contribution is 7.89. The Hall–Kier alpha value is -2.70. The van der Waals surface area contributed by atoms with Crippen LogP contribution in [0, 0.1) is 0 Å². The first-order valence-electron chi connectivity index (χ1n) is 8.96. The van der Waals surface area contributed by atoms with Crippen molar-refractivity contribution in [1.29, 1.82) is 0 Å². The second-order valence-electron chi connectivity index (χ2n) is 6.76. The molecule has 0 radical (unpaired) electrons. The number of nitrogens with zero attached hydrogens (tertiary/aromatic N) is 3. The summed E-state index contributed by atoms with van der Waals surface area (Å²) in [5.41, 5.74) is 1.46. The minimum absolute atomic E-state index is 0.0754. The fraction of sp³-hybridized carbons (Fsp3) is 0.471. The highest BCUT2D eigenvalue weighted by Crippen LogP contribution is 2.31. The van der Waals surface area contributed by atoms with E-state index in [1.807, 2.05) is 0 Å². The SMILES string of the molecule is CCOc1ccc(S(=O)(=O)N2C[C@@H](N3C(=O)CN(C)C3=O)C[C@@H]2C(=O)NO)cc1. The molecule has 0 bridgehead atoms. The van der Waals surface area contributed by atoms with Gasteiger partial charge in [-0.25, -0.2) is 18.7 Å². The van der Waals surface area contributed by atoms with Crippen LogP contribution in [0.3, 0.4) is 0 Å². The molecule has 0 saturated carbocycles. The number of rotatable bonds is 6. The molecule has 2 atom stereocenters. The van der Waals surface area contributed by atoms with Crippen LogP contribution in [-0.2, 0) is 19.6 Å². The monoisotopic (exact) mass is 426 g/mol. The van der Waals surface area contributed by atoms with Crippen molar-refractivity contribution in [2.24, 2.45) is 0 Å². The van der Waals surface area contributed by atoms with Crippen LogP contribution in [0.1, 0.15) is 13.3 Å². The van der Waals surface area contributed by atoms with Crippen molar-refractivity contribution < 1.29 is 32.7 Å². The number of benzene rings is 1. The van der Waals surface area contributed by atoms with E-state index in [0.29, 0.717) is 12.4 Å². The second kappa shape index (κ2) is 7.97. The van der Waals surface area contributed by atoms with E-state index in [0.717, 1.165) is 9.21 Å². The number of imide groups is 1. The number of ether oxygens (including phenoxy) is 1. The fourth-order valence-electron chi connectivity index (χ4n) is 3.56. The summed E-state index contributed by atoms with van der Waals surface area (Å²) in [6, 6.07) is 3.04. The third kappa shape index (κ3) is 3.78. The summed E-state index contributed by atoms with van der Waals surface area (Å²) in [6.45, 7) is 1.85. The van der Waals surface area contributed by atoms with Crippen molar-refractivity contribution in [2.45, 2.75) is 30.3 Å². The van der Waals surface area contributed by atoms with Crippen molar-refractivity contribution >= 4 is 27.9 Å². The zero-order chi connectivity index (χ0) is 21.3. The lowest BCUT2D eigenvalue weighted by Crippen LogP contribution is -2.45. The number of hydrogen-bond acceptors (Lipinski definition) is 7. The van der Waals surface area contributed by atoms with Gasteiger partial charge in [-0.1, -0.05) is 0 Å². The zero-order valence-electron chi connectivity index (χ0n) is 15.9. The van der Waals surface area contributed by atoms with Crippen LogP contribution in [0.15, 0.2) is 29.2 Å². The van der Waals surface area contributed by atoms with Crippen LogP contribution < -0.4 is 10.2 Å². The molecule has 29 heavy (non-hydrogen) atoms. The maximum Gasteiger partial charge on any atom is 0.327 e. The van der Waals surface area contributed by atoms with Crippen LogP contribution in [0.5, 0.6) is 5.75 Å². The molecule has 0 aliphatic carbocycles. The van der Waals surface area contributed by atoms with Crippen LogP contribution in [0.25, 0.3) is 0 Å². The molecule has 0 unspecified atom stereocenters. The molecule has 11 nitrogen and oxygen atoms in total. The smallest absolute Gasteiger partial charge is 0.327 e. The van der Waals surface area contributed by atoms with Crippen molar-refractivity contribution in [3.8, 4) is 5.75 Å². The summed E-state index contributed by atoms with van der Waals surface area (Å²) in [4.78, 5) is 38.7. The maximum absolute atomic E-state index is 13.1. The van der Waals surface area contributed by atoms with E-state index >= 15 is 0 Å². The molecule has 2 heterocycles. The van der Waals surface area contributed by atoms with Gasteiger partial charge in [0.25, 0.3) is 11.8 Å². The van der Waals surface area contributed by atoms with Gasteiger partial charge in [0, 0.05) is 13.6 Å². The first-order valence-corrected chi connectivity index (χ1v) is 10.4. The van der Waals surface area contributed by atoms with Crippen LogP contribution in [0.2, 0.25) is 0 Å². The lowest BCUT2D eigenvalue weighted by atomic mass is 10.1. The zero-order valence-corrected chi connectivity index (χ0v) is 16.8. The first-order chi connectivity index (χ1) is 13.7. The first kappa shape index (κ1) is 21.0. The molecule has 2 saturated heterocycles. The predicted octanol–water partition coefficient (Wildman–Crippen LogP) is -0.384. The number of carbonyl (C=O) groups is 3. The van der Waals surface area contributed by atoms with Gasteiger partial charge < -0.3 is 9.64 Å². The Bertz CT molecular complexity index is 918. The van der Waals surface area contributed by atoms with Gasteiger partial charge in [0.15, 0.2) is 0 Å². The Labute approximate surface area is 167 Å². The molecule has 4 amide bonds. The lowest BCUT2D eigenvalue weighted by molar-refractivity contribution is -0.132. The molecular formula is C17H22N4O7S. The van der Waals surface area contributed by atoms with Crippen molar-refractivity contribution in [3.63, 3.8) is 0 Å². The van der Waals surface area contributed by atoms with Crippen molar-refractivity contribution in [1.82, 2.24) is 19.6 Å². The number of hydrogen-bond donors (Lipinski definition) is 2. The normalized spacial score (nSPS) is 23.0. The summed E-state index contributed by atoms with van der Waals surface area (Å²) < 4.78 is 32.5. The molecule has 1 aromatic rings. The van der Waals surface area contributed by atoms with Crippen LogP contribution in [-0.4, -0.2) is 84.4 Å². The number of urea groups is 1. The molecule has 158 valence electrons. The fourth-order valence-corrected chi connectivity index (χ4v) is 5.19. The van der Waals surface area contributed by atoms with Gasteiger partial charge in [-0.15, -0.1) is 0 Å². The highest BCUT2D eigenvalue weighted by Gasteiger charge is 2.50. The van der Waals surface area contributed by atoms with E-state index in [-0.39, 0.29) is 24.4 Å². The largest absolute Gasteiger partial charge is 0.494 e. The summed E-state index contributed by atoms with van der Waals surface area (Å²) >= 11 is 0. The minimum atomic E-state index is -4.14. The van der Waals surface area contributed by atoms with Gasteiger partial charge in [-0.2, -0.15) is 4.31 Å².